The lowest BCUT2D eigenvalue weighted by Gasteiger charge is -2.19. The van der Waals surface area contributed by atoms with Gasteiger partial charge in [-0.25, -0.2) is 9.79 Å². The number of nitrogens with zero attached hydrogens (tertiary/aromatic N) is 1. The molecule has 10 heteroatoms. The van der Waals surface area contributed by atoms with Crippen LogP contribution in [0.5, 0.6) is 0 Å². The second kappa shape index (κ2) is 10.2. The number of hydrogen-bond acceptors (Lipinski definition) is 8. The number of amides is 1. The van der Waals surface area contributed by atoms with E-state index in [-0.39, 0.29) is 48.6 Å². The lowest BCUT2D eigenvalue weighted by atomic mass is 9.96. The fourth-order valence-corrected chi connectivity index (χ4v) is 3.26. The largest absolute Gasteiger partial charge is 0.469 e. The second-order valence-electron chi connectivity index (χ2n) is 8.12. The molecule has 1 aromatic heterocycles. The quantitative estimate of drug-likeness (QED) is 0.354. The molecule has 1 aliphatic heterocycles. The van der Waals surface area contributed by atoms with Crippen LogP contribution in [0.1, 0.15) is 67.3 Å². The molecule has 0 spiro atoms. The number of H-pyrrole nitrogens is 1. The minimum absolute atomic E-state index is 0.0374. The van der Waals surface area contributed by atoms with Crippen molar-refractivity contribution in [1.82, 2.24) is 4.98 Å². The van der Waals surface area contributed by atoms with E-state index in [0.29, 0.717) is 23.3 Å². The highest BCUT2D eigenvalue weighted by molar-refractivity contribution is 6.35. The van der Waals surface area contributed by atoms with Crippen molar-refractivity contribution in [2.24, 2.45) is 4.99 Å². The van der Waals surface area contributed by atoms with E-state index in [1.807, 2.05) is 0 Å². The maximum atomic E-state index is 13.0. The van der Waals surface area contributed by atoms with Crippen molar-refractivity contribution in [1.29, 1.82) is 5.41 Å². The molecule has 1 amide bonds. The molecule has 2 heterocycles. The number of nitrogens with one attached hydrogen (secondary N) is 2. The van der Waals surface area contributed by atoms with Gasteiger partial charge in [0.2, 0.25) is 5.91 Å². The summed E-state index contributed by atoms with van der Waals surface area (Å²) in [5.41, 5.74) is 0.666. The monoisotopic (exact) mass is 445 g/mol. The maximum Gasteiger partial charge on any atom is 0.355 e. The van der Waals surface area contributed by atoms with Crippen LogP contribution in [0.15, 0.2) is 4.99 Å². The van der Waals surface area contributed by atoms with Crippen LogP contribution in [0, 0.1) is 5.41 Å². The Morgan fingerprint density at radius 2 is 1.72 bits per heavy atom. The minimum Gasteiger partial charge on any atom is -0.469 e. The number of hydrogen-bond donors (Lipinski definition) is 2. The molecule has 0 saturated carbocycles. The summed E-state index contributed by atoms with van der Waals surface area (Å²) in [6, 6.07) is 0. The predicted molar refractivity (Wildman–Crippen MR) is 115 cm³/mol. The Morgan fingerprint density at radius 1 is 1.06 bits per heavy atom. The molecule has 2 rings (SSSR count). The summed E-state index contributed by atoms with van der Waals surface area (Å²) in [7, 11) is 2.48. The van der Waals surface area contributed by atoms with Gasteiger partial charge in [0.1, 0.15) is 11.3 Å². The molecular weight excluding hydrogens is 418 g/mol. The molecular formula is C22H27N3O7. The van der Waals surface area contributed by atoms with Gasteiger partial charge in [0.05, 0.1) is 37.6 Å². The van der Waals surface area contributed by atoms with Gasteiger partial charge < -0.3 is 19.2 Å². The highest BCUT2D eigenvalue weighted by Crippen LogP contribution is 2.30. The van der Waals surface area contributed by atoms with Crippen LogP contribution < -0.4 is 0 Å². The zero-order valence-corrected chi connectivity index (χ0v) is 18.8. The van der Waals surface area contributed by atoms with Crippen LogP contribution in [0.25, 0.3) is 5.57 Å². The highest BCUT2D eigenvalue weighted by atomic mass is 16.6. The number of aromatic nitrogens is 1. The summed E-state index contributed by atoms with van der Waals surface area (Å²) in [4.78, 5) is 55.4. The fourth-order valence-electron chi connectivity index (χ4n) is 3.26. The number of aliphatic imine (C=N–C) groups is 1. The first-order chi connectivity index (χ1) is 15.0. The molecule has 0 saturated heterocycles. The van der Waals surface area contributed by atoms with E-state index in [4.69, 9.17) is 19.6 Å². The number of allylic oxidation sites excluding steroid dienone is 1. The van der Waals surface area contributed by atoms with Gasteiger partial charge in [0.15, 0.2) is 0 Å². The van der Waals surface area contributed by atoms with Gasteiger partial charge >= 0.3 is 17.9 Å². The van der Waals surface area contributed by atoms with Crippen molar-refractivity contribution in [3.05, 3.63) is 22.5 Å². The Balaban J connectivity index is 2.69. The van der Waals surface area contributed by atoms with Gasteiger partial charge in [-0.15, -0.1) is 0 Å². The molecule has 10 nitrogen and oxygen atoms in total. The molecule has 172 valence electrons. The molecule has 2 N–H and O–H groups in total. The Labute approximate surface area is 185 Å². The van der Waals surface area contributed by atoms with Crippen molar-refractivity contribution in [2.75, 3.05) is 14.2 Å². The zero-order valence-electron chi connectivity index (χ0n) is 18.8. The van der Waals surface area contributed by atoms with Gasteiger partial charge in [0, 0.05) is 12.8 Å². The van der Waals surface area contributed by atoms with E-state index in [2.05, 4.69) is 15.8 Å². The van der Waals surface area contributed by atoms with E-state index < -0.39 is 23.5 Å². The van der Waals surface area contributed by atoms with Crippen LogP contribution in [0.3, 0.4) is 0 Å². The van der Waals surface area contributed by atoms with Crippen LogP contribution >= 0.6 is 0 Å². The third-order valence-corrected chi connectivity index (χ3v) is 4.68. The number of ether oxygens (including phenoxy) is 3. The Bertz CT molecular complexity index is 1020. The number of esters is 3. The first-order valence-corrected chi connectivity index (χ1v) is 10.0. The third-order valence-electron chi connectivity index (χ3n) is 4.68. The van der Waals surface area contributed by atoms with Gasteiger partial charge in [0.25, 0.3) is 0 Å². The molecule has 0 aliphatic carbocycles. The summed E-state index contributed by atoms with van der Waals surface area (Å²) in [5.74, 6) is 0.167. The standard InChI is InChI=1S/C22H27N3O7/c1-22(2,3)32-21(29)20-12(6-9-17(27)30-4)13(10-18(28)31-5)19(25-20)14(11-23)15-7-8-16(26)24-15/h23,25H,6-10H2,1-5H3. The number of aromatic amines is 1. The van der Waals surface area contributed by atoms with E-state index >= 15 is 0 Å². The van der Waals surface area contributed by atoms with Crippen LogP contribution in [0.4, 0.5) is 0 Å². The highest BCUT2D eigenvalue weighted by Gasteiger charge is 2.31. The average molecular weight is 445 g/mol. The van der Waals surface area contributed by atoms with Crippen molar-refractivity contribution in [3.63, 3.8) is 0 Å². The van der Waals surface area contributed by atoms with Gasteiger partial charge in [-0.05, 0) is 50.6 Å². The minimum atomic E-state index is -0.799. The summed E-state index contributed by atoms with van der Waals surface area (Å²) >= 11 is 0. The molecule has 0 unspecified atom stereocenters. The molecule has 1 aromatic rings. The second-order valence-corrected chi connectivity index (χ2v) is 8.12. The number of rotatable bonds is 8. The third kappa shape index (κ3) is 6.01. The summed E-state index contributed by atoms with van der Waals surface area (Å²) in [6.07, 6.45) is 0.271. The lowest BCUT2D eigenvalue weighted by molar-refractivity contribution is -0.141. The van der Waals surface area contributed by atoms with E-state index in [0.717, 1.165) is 0 Å². The number of carbonyl (C=O) groups is 4. The first-order valence-electron chi connectivity index (χ1n) is 10.0. The normalized spacial score (nSPS) is 13.3. The molecule has 0 aromatic carbocycles. The van der Waals surface area contributed by atoms with Gasteiger partial charge in [-0.3, -0.25) is 19.8 Å². The van der Waals surface area contributed by atoms with Crippen molar-refractivity contribution < 1.29 is 33.4 Å². The Morgan fingerprint density at radius 3 is 2.22 bits per heavy atom. The Kier molecular flexibility index (Phi) is 7.88. The van der Waals surface area contributed by atoms with E-state index in [1.54, 1.807) is 20.8 Å². The molecule has 0 fully saturated rings. The predicted octanol–water partition coefficient (Wildman–Crippen LogP) is 2.18. The summed E-state index contributed by atoms with van der Waals surface area (Å²) < 4.78 is 15.0. The fraction of sp³-hybridized carbons (Fsp3) is 0.500. The molecule has 0 radical (unpaired) electrons. The average Bonchev–Trinajstić information content (AvgIpc) is 3.29. The van der Waals surface area contributed by atoms with Crippen LogP contribution in [-0.4, -0.2) is 60.2 Å². The van der Waals surface area contributed by atoms with Crippen LogP contribution in [0.2, 0.25) is 0 Å². The van der Waals surface area contributed by atoms with Crippen LogP contribution in [-0.2, 0) is 41.4 Å². The molecule has 1 aliphatic rings. The maximum absolute atomic E-state index is 13.0. The van der Waals surface area contributed by atoms with Crippen molar-refractivity contribution >= 4 is 41.0 Å². The Hall–Kier alpha value is -3.52. The van der Waals surface area contributed by atoms with Crippen molar-refractivity contribution in [2.45, 2.75) is 58.5 Å². The molecule has 32 heavy (non-hydrogen) atoms. The lowest BCUT2D eigenvalue weighted by Crippen LogP contribution is -2.25. The number of carbonyl (C=O) groups excluding carboxylic acids is 4. The summed E-state index contributed by atoms with van der Waals surface area (Å²) in [6.45, 7) is 5.13. The SMILES string of the molecule is COC(=O)CCc1c(C(=O)OC(C)(C)C)[nH]c(C(=C=N)C2=NC(=O)CC2)c1CC(=O)OC. The van der Waals surface area contributed by atoms with Gasteiger partial charge in [-0.2, -0.15) is 0 Å². The molecule has 0 atom stereocenters. The van der Waals surface area contributed by atoms with E-state index in [9.17, 15) is 19.2 Å². The van der Waals surface area contributed by atoms with E-state index in [1.165, 1.54) is 14.2 Å². The zero-order chi connectivity index (χ0) is 24.1. The van der Waals surface area contributed by atoms with Gasteiger partial charge in [-0.1, -0.05) is 0 Å². The molecule has 0 bridgehead atoms. The summed E-state index contributed by atoms with van der Waals surface area (Å²) in [5, 5.41) is 7.78. The topological polar surface area (TPSA) is 148 Å². The number of methoxy groups -OCH3 is 2. The van der Waals surface area contributed by atoms with Crippen molar-refractivity contribution in [3.8, 4) is 0 Å². The smallest absolute Gasteiger partial charge is 0.355 e. The first kappa shape index (κ1) is 24.7.